The van der Waals surface area contributed by atoms with Crippen LogP contribution in [0.2, 0.25) is 0 Å². The number of nitrogens with zero attached hydrogens (tertiary/aromatic N) is 4. The Kier molecular flexibility index (Phi) is 3.66. The number of hydrogen-bond donors (Lipinski definition) is 2. The Hall–Kier alpha value is -3.15. The van der Waals surface area contributed by atoms with E-state index < -0.39 is 0 Å². The lowest BCUT2D eigenvalue weighted by Crippen LogP contribution is -2.19. The van der Waals surface area contributed by atoms with Gasteiger partial charge in [-0.2, -0.15) is 5.10 Å². The van der Waals surface area contributed by atoms with Crippen molar-refractivity contribution in [2.45, 2.75) is 31.8 Å². The van der Waals surface area contributed by atoms with Gasteiger partial charge in [0.15, 0.2) is 0 Å². The fraction of sp³-hybridized carbons (Fsp3) is 0.250. The summed E-state index contributed by atoms with van der Waals surface area (Å²) in [5, 5.41) is 9.32. The molecule has 0 unspecified atom stereocenters. The Morgan fingerprint density at radius 3 is 3.00 bits per heavy atom. The molecule has 26 heavy (non-hydrogen) atoms. The van der Waals surface area contributed by atoms with Gasteiger partial charge in [0.25, 0.3) is 0 Å². The van der Waals surface area contributed by atoms with E-state index in [0.29, 0.717) is 0 Å². The summed E-state index contributed by atoms with van der Waals surface area (Å²) in [5.41, 5.74) is 4.75. The minimum atomic E-state index is 0.233. The van der Waals surface area contributed by atoms with Crippen molar-refractivity contribution in [3.8, 4) is 0 Å². The van der Waals surface area contributed by atoms with Crippen LogP contribution in [0.5, 0.6) is 0 Å². The van der Waals surface area contributed by atoms with Gasteiger partial charge >= 0.3 is 0 Å². The van der Waals surface area contributed by atoms with Crippen molar-refractivity contribution in [2.75, 3.05) is 5.32 Å². The van der Waals surface area contributed by atoms with E-state index in [1.54, 1.807) is 6.33 Å². The van der Waals surface area contributed by atoms with E-state index in [2.05, 4.69) is 54.3 Å². The number of aromatic amines is 1. The lowest BCUT2D eigenvalue weighted by Gasteiger charge is -2.25. The zero-order valence-electron chi connectivity index (χ0n) is 14.4. The second-order valence-corrected chi connectivity index (χ2v) is 6.74. The highest BCUT2D eigenvalue weighted by molar-refractivity contribution is 5.86. The molecule has 6 heteroatoms. The molecule has 0 fully saturated rings. The summed E-state index contributed by atoms with van der Waals surface area (Å²) in [6.45, 7) is 0.818. The predicted octanol–water partition coefficient (Wildman–Crippen LogP) is 3.69. The largest absolute Gasteiger partial charge is 0.362 e. The molecule has 6 nitrogen and oxygen atoms in total. The van der Waals surface area contributed by atoms with Crippen molar-refractivity contribution in [2.24, 2.45) is 0 Å². The molecular formula is C20H20N6. The minimum absolute atomic E-state index is 0.233. The molecule has 0 bridgehead atoms. The SMILES string of the molecule is c1ccc(Cn2ncc3c2CCC[C@@H]3Nc2ncnc3[nH]ccc23)cc1. The van der Waals surface area contributed by atoms with E-state index in [0.717, 1.165) is 42.7 Å². The van der Waals surface area contributed by atoms with Crippen LogP contribution in [-0.2, 0) is 13.0 Å². The maximum Gasteiger partial charge on any atom is 0.142 e. The molecule has 3 aromatic heterocycles. The van der Waals surface area contributed by atoms with Crippen LogP contribution in [0.4, 0.5) is 5.82 Å². The lowest BCUT2D eigenvalue weighted by molar-refractivity contribution is 0.556. The number of hydrogen-bond acceptors (Lipinski definition) is 4. The smallest absolute Gasteiger partial charge is 0.142 e. The third-order valence-electron chi connectivity index (χ3n) is 5.10. The maximum atomic E-state index is 4.68. The molecule has 5 rings (SSSR count). The Bertz CT molecular complexity index is 1030. The molecule has 4 aromatic rings. The number of fused-ring (bicyclic) bond motifs is 2. The summed E-state index contributed by atoms with van der Waals surface area (Å²) in [6.07, 6.45) is 8.82. The van der Waals surface area contributed by atoms with Crippen molar-refractivity contribution in [3.63, 3.8) is 0 Å². The number of aromatic nitrogens is 5. The Morgan fingerprint density at radius 2 is 2.08 bits per heavy atom. The summed E-state index contributed by atoms with van der Waals surface area (Å²) in [4.78, 5) is 11.9. The topological polar surface area (TPSA) is 71.4 Å². The van der Waals surface area contributed by atoms with Crippen LogP contribution in [0.25, 0.3) is 11.0 Å². The maximum absolute atomic E-state index is 4.68. The van der Waals surface area contributed by atoms with Crippen LogP contribution in [-0.4, -0.2) is 24.7 Å². The van der Waals surface area contributed by atoms with Gasteiger partial charge in [-0.15, -0.1) is 0 Å². The zero-order valence-corrected chi connectivity index (χ0v) is 14.4. The number of benzene rings is 1. The summed E-state index contributed by atoms with van der Waals surface area (Å²) < 4.78 is 2.14. The van der Waals surface area contributed by atoms with Crippen LogP contribution in [0.3, 0.4) is 0 Å². The molecule has 1 aromatic carbocycles. The molecule has 130 valence electrons. The molecule has 0 radical (unpaired) electrons. The van der Waals surface area contributed by atoms with Gasteiger partial charge in [0.1, 0.15) is 17.8 Å². The standard InChI is InChI=1S/C20H20N6/c1-2-5-14(6-3-1)12-26-18-8-4-7-17(16(18)11-24-26)25-20-15-9-10-21-19(15)22-13-23-20/h1-3,5-6,9-11,13,17H,4,7-8,12H2,(H2,21,22,23,25)/t17-/m0/s1. The summed E-state index contributed by atoms with van der Waals surface area (Å²) in [7, 11) is 0. The van der Waals surface area contributed by atoms with Crippen molar-refractivity contribution in [1.82, 2.24) is 24.7 Å². The molecule has 0 spiro atoms. The molecule has 0 aliphatic heterocycles. The first-order valence-electron chi connectivity index (χ1n) is 9.01. The van der Waals surface area contributed by atoms with E-state index in [4.69, 9.17) is 0 Å². The highest BCUT2D eigenvalue weighted by Crippen LogP contribution is 2.33. The Labute approximate surface area is 151 Å². The number of rotatable bonds is 4. The monoisotopic (exact) mass is 344 g/mol. The fourth-order valence-corrected chi connectivity index (χ4v) is 3.81. The van der Waals surface area contributed by atoms with Crippen molar-refractivity contribution >= 4 is 16.9 Å². The van der Waals surface area contributed by atoms with Crippen LogP contribution in [0.1, 0.15) is 35.7 Å². The number of H-pyrrole nitrogens is 1. The van der Waals surface area contributed by atoms with Crippen LogP contribution in [0, 0.1) is 0 Å². The first-order chi connectivity index (χ1) is 12.9. The number of nitrogens with one attached hydrogen (secondary N) is 2. The fourth-order valence-electron chi connectivity index (χ4n) is 3.81. The quantitative estimate of drug-likeness (QED) is 0.592. The van der Waals surface area contributed by atoms with Crippen molar-refractivity contribution in [3.05, 3.63) is 71.9 Å². The predicted molar refractivity (Wildman–Crippen MR) is 101 cm³/mol. The summed E-state index contributed by atoms with van der Waals surface area (Å²) in [5.74, 6) is 0.880. The molecule has 0 saturated carbocycles. The molecule has 0 saturated heterocycles. The Balaban J connectivity index is 1.44. The van der Waals surface area contributed by atoms with Crippen molar-refractivity contribution < 1.29 is 0 Å². The van der Waals surface area contributed by atoms with Gasteiger partial charge in [-0.1, -0.05) is 30.3 Å². The molecular weight excluding hydrogens is 324 g/mol. The van der Waals surface area contributed by atoms with Gasteiger partial charge in [0.05, 0.1) is 24.2 Å². The summed E-state index contributed by atoms with van der Waals surface area (Å²) in [6, 6.07) is 12.7. The van der Waals surface area contributed by atoms with E-state index in [1.165, 1.54) is 16.8 Å². The third-order valence-corrected chi connectivity index (χ3v) is 5.10. The highest BCUT2D eigenvalue weighted by atomic mass is 15.3. The van der Waals surface area contributed by atoms with Gasteiger partial charge in [-0.05, 0) is 30.9 Å². The molecule has 2 N–H and O–H groups in total. The van der Waals surface area contributed by atoms with E-state index in [1.807, 2.05) is 24.5 Å². The van der Waals surface area contributed by atoms with E-state index in [-0.39, 0.29) is 6.04 Å². The van der Waals surface area contributed by atoms with Gasteiger partial charge in [0, 0.05) is 17.5 Å². The average Bonchev–Trinajstić information content (AvgIpc) is 3.31. The zero-order chi connectivity index (χ0) is 17.3. The third kappa shape index (κ3) is 2.63. The Morgan fingerprint density at radius 1 is 1.15 bits per heavy atom. The van der Waals surface area contributed by atoms with Gasteiger partial charge in [-0.3, -0.25) is 4.68 Å². The second kappa shape index (κ2) is 6.29. The molecule has 1 atom stereocenters. The first kappa shape index (κ1) is 15.1. The normalized spacial score (nSPS) is 16.5. The molecule has 1 aliphatic rings. The minimum Gasteiger partial charge on any atom is -0.362 e. The van der Waals surface area contributed by atoms with Gasteiger partial charge < -0.3 is 10.3 Å². The molecule has 3 heterocycles. The highest BCUT2D eigenvalue weighted by Gasteiger charge is 2.25. The van der Waals surface area contributed by atoms with Crippen LogP contribution in [0.15, 0.2) is 55.1 Å². The first-order valence-corrected chi connectivity index (χ1v) is 9.01. The van der Waals surface area contributed by atoms with Crippen molar-refractivity contribution in [1.29, 1.82) is 0 Å². The summed E-state index contributed by atoms with van der Waals surface area (Å²) >= 11 is 0. The lowest BCUT2D eigenvalue weighted by atomic mass is 9.93. The van der Waals surface area contributed by atoms with Crippen LogP contribution >= 0.6 is 0 Å². The molecule has 1 aliphatic carbocycles. The van der Waals surface area contributed by atoms with E-state index >= 15 is 0 Å². The average molecular weight is 344 g/mol. The van der Waals surface area contributed by atoms with Gasteiger partial charge in [-0.25, -0.2) is 9.97 Å². The van der Waals surface area contributed by atoms with Crippen LogP contribution < -0.4 is 5.32 Å². The second-order valence-electron chi connectivity index (χ2n) is 6.74. The number of anilines is 1. The van der Waals surface area contributed by atoms with Gasteiger partial charge in [0.2, 0.25) is 0 Å². The molecule has 0 amide bonds. The van der Waals surface area contributed by atoms with E-state index in [9.17, 15) is 0 Å².